The summed E-state index contributed by atoms with van der Waals surface area (Å²) in [5.41, 5.74) is 0.0131. The van der Waals surface area contributed by atoms with E-state index in [1.54, 1.807) is 26.0 Å². The molecule has 0 saturated carbocycles. The van der Waals surface area contributed by atoms with E-state index in [4.69, 9.17) is 0 Å². The van der Waals surface area contributed by atoms with E-state index >= 15 is 0 Å². The smallest absolute Gasteiger partial charge is 0.176 e. The first-order valence-corrected chi connectivity index (χ1v) is 5.28. The fourth-order valence-corrected chi connectivity index (χ4v) is 1.15. The maximum atomic E-state index is 11.7. The number of hydrogen-bond donors (Lipinski definition) is 1. The van der Waals surface area contributed by atoms with E-state index in [0.717, 1.165) is 0 Å². The monoisotopic (exact) mass is 219 g/mol. The zero-order valence-corrected chi connectivity index (χ0v) is 9.91. The first kappa shape index (κ1) is 12.6. The van der Waals surface area contributed by atoms with Gasteiger partial charge in [0.25, 0.3) is 0 Å². The fraction of sp³-hybridized carbons (Fsp3) is 0.385. The third-order valence-corrected chi connectivity index (χ3v) is 2.67. The quantitative estimate of drug-likeness (QED) is 0.768. The van der Waals surface area contributed by atoms with Gasteiger partial charge in [-0.2, -0.15) is 0 Å². The van der Waals surface area contributed by atoms with Crippen molar-refractivity contribution in [3.05, 3.63) is 35.9 Å². The van der Waals surface area contributed by atoms with Gasteiger partial charge in [0, 0.05) is 5.56 Å². The van der Waals surface area contributed by atoms with Crippen LogP contribution in [0, 0.1) is 0 Å². The van der Waals surface area contributed by atoms with Gasteiger partial charge in [0.15, 0.2) is 5.78 Å². The Bertz CT molecular complexity index is 382. The third-order valence-electron chi connectivity index (χ3n) is 2.67. The molecule has 0 fully saturated rings. The molecule has 16 heavy (non-hydrogen) atoms. The highest BCUT2D eigenvalue weighted by atomic mass is 16.1. The second kappa shape index (κ2) is 5.03. The normalized spacial score (nSPS) is 11.2. The largest absolute Gasteiger partial charge is 0.298 e. The lowest BCUT2D eigenvalue weighted by Crippen LogP contribution is -2.47. The van der Waals surface area contributed by atoms with Crippen LogP contribution in [-0.2, 0) is 4.79 Å². The summed E-state index contributed by atoms with van der Waals surface area (Å²) in [5.74, 6) is 0.0169. The van der Waals surface area contributed by atoms with E-state index in [1.165, 1.54) is 6.92 Å². The van der Waals surface area contributed by atoms with Gasteiger partial charge in [0.2, 0.25) is 0 Å². The van der Waals surface area contributed by atoms with Crippen LogP contribution < -0.4 is 5.32 Å². The topological polar surface area (TPSA) is 46.2 Å². The van der Waals surface area contributed by atoms with Crippen LogP contribution in [0.4, 0.5) is 0 Å². The van der Waals surface area contributed by atoms with Gasteiger partial charge < -0.3 is 0 Å². The highest BCUT2D eigenvalue weighted by molar-refractivity contribution is 5.98. The molecule has 1 rings (SSSR count). The van der Waals surface area contributed by atoms with Crippen molar-refractivity contribution in [3.8, 4) is 0 Å². The minimum Gasteiger partial charge on any atom is -0.298 e. The molecule has 3 heteroatoms. The number of hydrogen-bond acceptors (Lipinski definition) is 3. The van der Waals surface area contributed by atoms with E-state index in [1.807, 2.05) is 18.2 Å². The molecule has 0 amide bonds. The van der Waals surface area contributed by atoms with Gasteiger partial charge in [0.1, 0.15) is 5.78 Å². The van der Waals surface area contributed by atoms with Crippen molar-refractivity contribution in [2.45, 2.75) is 26.3 Å². The molecular formula is C13H17NO2. The van der Waals surface area contributed by atoms with E-state index in [2.05, 4.69) is 5.32 Å². The summed E-state index contributed by atoms with van der Waals surface area (Å²) in [6.45, 7) is 5.23. The van der Waals surface area contributed by atoms with Crippen LogP contribution in [-0.4, -0.2) is 23.7 Å². The Labute approximate surface area is 95.9 Å². The third kappa shape index (κ3) is 3.28. The zero-order valence-electron chi connectivity index (χ0n) is 9.91. The number of rotatable bonds is 5. The molecule has 0 radical (unpaired) electrons. The minimum absolute atomic E-state index is 0.00470. The average Bonchev–Trinajstić information content (AvgIpc) is 2.27. The molecule has 0 saturated heterocycles. The number of carbonyl (C=O) groups is 2. The molecule has 0 bridgehead atoms. The van der Waals surface area contributed by atoms with Crippen molar-refractivity contribution < 1.29 is 9.59 Å². The standard InChI is InChI=1S/C13H17NO2/c1-10(15)13(2,3)14-9-12(16)11-7-5-4-6-8-11/h4-8,14H,9H2,1-3H3. The highest BCUT2D eigenvalue weighted by Crippen LogP contribution is 2.04. The summed E-state index contributed by atoms with van der Waals surface area (Å²) in [7, 11) is 0. The Kier molecular flexibility index (Phi) is 3.96. The summed E-state index contributed by atoms with van der Waals surface area (Å²) in [4.78, 5) is 23.0. The molecule has 1 N–H and O–H groups in total. The predicted molar refractivity (Wildman–Crippen MR) is 63.5 cm³/mol. The lowest BCUT2D eigenvalue weighted by molar-refractivity contribution is -0.122. The van der Waals surface area contributed by atoms with Gasteiger partial charge in [-0.25, -0.2) is 0 Å². The van der Waals surface area contributed by atoms with Crippen molar-refractivity contribution in [3.63, 3.8) is 0 Å². The summed E-state index contributed by atoms with van der Waals surface area (Å²) in [6.07, 6.45) is 0. The van der Waals surface area contributed by atoms with Crippen molar-refractivity contribution in [1.29, 1.82) is 0 Å². The molecule has 3 nitrogen and oxygen atoms in total. The van der Waals surface area contributed by atoms with E-state index in [9.17, 15) is 9.59 Å². The van der Waals surface area contributed by atoms with E-state index in [0.29, 0.717) is 5.56 Å². The number of carbonyl (C=O) groups excluding carboxylic acids is 2. The van der Waals surface area contributed by atoms with Crippen molar-refractivity contribution in [2.24, 2.45) is 0 Å². The molecule has 86 valence electrons. The van der Waals surface area contributed by atoms with Crippen LogP contribution in [0.3, 0.4) is 0 Å². The van der Waals surface area contributed by atoms with Crippen molar-refractivity contribution >= 4 is 11.6 Å². The lowest BCUT2D eigenvalue weighted by Gasteiger charge is -2.22. The van der Waals surface area contributed by atoms with E-state index < -0.39 is 5.54 Å². The van der Waals surface area contributed by atoms with Crippen LogP contribution >= 0.6 is 0 Å². The molecule has 0 aliphatic heterocycles. The Morgan fingerprint density at radius 3 is 2.25 bits per heavy atom. The van der Waals surface area contributed by atoms with Gasteiger partial charge >= 0.3 is 0 Å². The summed E-state index contributed by atoms with van der Waals surface area (Å²) in [5, 5.41) is 2.96. The molecule has 1 aromatic carbocycles. The first-order valence-electron chi connectivity index (χ1n) is 5.28. The highest BCUT2D eigenvalue weighted by Gasteiger charge is 2.23. The van der Waals surface area contributed by atoms with Crippen LogP contribution in [0.5, 0.6) is 0 Å². The molecule has 0 aliphatic carbocycles. The molecular weight excluding hydrogens is 202 g/mol. The molecule has 0 heterocycles. The van der Waals surface area contributed by atoms with E-state index in [-0.39, 0.29) is 18.1 Å². The molecule has 0 spiro atoms. The van der Waals surface area contributed by atoms with Gasteiger partial charge in [-0.3, -0.25) is 14.9 Å². The Hall–Kier alpha value is -1.48. The Balaban J connectivity index is 2.58. The number of nitrogens with one attached hydrogen (secondary N) is 1. The summed E-state index contributed by atoms with van der Waals surface area (Å²) >= 11 is 0. The molecule has 0 aliphatic rings. The van der Waals surface area contributed by atoms with Gasteiger partial charge in [-0.05, 0) is 20.8 Å². The first-order chi connectivity index (χ1) is 7.43. The molecule has 0 aromatic heterocycles. The van der Waals surface area contributed by atoms with Crippen LogP contribution in [0.2, 0.25) is 0 Å². The van der Waals surface area contributed by atoms with Gasteiger partial charge in [-0.1, -0.05) is 30.3 Å². The predicted octanol–water partition coefficient (Wildman–Crippen LogP) is 1.83. The Morgan fingerprint density at radius 1 is 1.19 bits per heavy atom. The van der Waals surface area contributed by atoms with Crippen molar-refractivity contribution in [2.75, 3.05) is 6.54 Å². The average molecular weight is 219 g/mol. The second-order valence-electron chi connectivity index (χ2n) is 4.32. The maximum absolute atomic E-state index is 11.7. The Morgan fingerprint density at radius 2 is 1.75 bits per heavy atom. The molecule has 0 atom stereocenters. The fourth-order valence-electron chi connectivity index (χ4n) is 1.15. The minimum atomic E-state index is -0.648. The zero-order chi connectivity index (χ0) is 12.2. The number of Topliss-reactive ketones (excluding diaryl/α,β-unsaturated/α-hetero) is 2. The molecule has 0 unspecified atom stereocenters. The van der Waals surface area contributed by atoms with Gasteiger partial charge in [-0.15, -0.1) is 0 Å². The van der Waals surface area contributed by atoms with Gasteiger partial charge in [0.05, 0.1) is 12.1 Å². The van der Waals surface area contributed by atoms with Crippen LogP contribution in [0.15, 0.2) is 30.3 Å². The number of ketones is 2. The number of benzene rings is 1. The maximum Gasteiger partial charge on any atom is 0.176 e. The van der Waals surface area contributed by atoms with Crippen molar-refractivity contribution in [1.82, 2.24) is 5.32 Å². The summed E-state index contributed by atoms with van der Waals surface area (Å²) < 4.78 is 0. The summed E-state index contributed by atoms with van der Waals surface area (Å²) in [6, 6.07) is 9.05. The second-order valence-corrected chi connectivity index (χ2v) is 4.32. The lowest BCUT2D eigenvalue weighted by atomic mass is 10.00. The molecule has 1 aromatic rings. The SMILES string of the molecule is CC(=O)C(C)(C)NCC(=O)c1ccccc1. The van der Waals surface area contributed by atoms with Crippen LogP contribution in [0.1, 0.15) is 31.1 Å². The van der Waals surface area contributed by atoms with Crippen LogP contribution in [0.25, 0.3) is 0 Å².